The molecule has 0 aromatic rings. The standard InChI is InChI=1S/C13H18O/c1-13(2)10-6-7-11(14)12(13)9-5-3-4-8(9)10/h3-4,8-10,12H,5-7H2,1-2H3/t8-,9+,10-,12-/m1/s1. The van der Waals surface area contributed by atoms with Crippen LogP contribution in [-0.2, 0) is 4.79 Å². The summed E-state index contributed by atoms with van der Waals surface area (Å²) in [6, 6.07) is 0. The molecule has 2 bridgehead atoms. The number of carbonyl (C=O) groups is 1. The molecule has 4 atom stereocenters. The minimum atomic E-state index is 0.273. The van der Waals surface area contributed by atoms with E-state index in [-0.39, 0.29) is 5.41 Å². The van der Waals surface area contributed by atoms with Crippen LogP contribution in [0.4, 0.5) is 0 Å². The molecule has 2 saturated carbocycles. The molecule has 0 aromatic heterocycles. The van der Waals surface area contributed by atoms with E-state index in [1.165, 1.54) is 0 Å². The second-order valence-corrected chi connectivity index (χ2v) is 5.82. The van der Waals surface area contributed by atoms with Crippen LogP contribution < -0.4 is 0 Å². The lowest BCUT2D eigenvalue weighted by Crippen LogP contribution is -2.37. The van der Waals surface area contributed by atoms with Crippen molar-refractivity contribution >= 4 is 5.78 Å². The highest BCUT2D eigenvalue weighted by molar-refractivity contribution is 5.84. The highest BCUT2D eigenvalue weighted by atomic mass is 16.1. The van der Waals surface area contributed by atoms with Gasteiger partial charge in [0.15, 0.2) is 0 Å². The Kier molecular flexibility index (Phi) is 1.55. The van der Waals surface area contributed by atoms with E-state index in [1.54, 1.807) is 0 Å². The zero-order chi connectivity index (χ0) is 9.92. The number of hydrogen-bond acceptors (Lipinski definition) is 1. The van der Waals surface area contributed by atoms with Crippen molar-refractivity contribution in [1.29, 1.82) is 0 Å². The molecule has 76 valence electrons. The highest BCUT2D eigenvalue weighted by Crippen LogP contribution is 2.62. The van der Waals surface area contributed by atoms with Crippen LogP contribution in [0.15, 0.2) is 12.2 Å². The molecule has 3 aliphatic rings. The van der Waals surface area contributed by atoms with Crippen LogP contribution in [0.3, 0.4) is 0 Å². The second-order valence-electron chi connectivity index (χ2n) is 5.82. The summed E-state index contributed by atoms with van der Waals surface area (Å²) in [7, 11) is 0. The third-order valence-electron chi connectivity index (χ3n) is 4.96. The number of fused-ring (bicyclic) bond motifs is 5. The van der Waals surface area contributed by atoms with Gasteiger partial charge in [-0.05, 0) is 36.0 Å². The Morgan fingerprint density at radius 2 is 2.21 bits per heavy atom. The zero-order valence-electron chi connectivity index (χ0n) is 8.99. The van der Waals surface area contributed by atoms with Crippen molar-refractivity contribution in [2.45, 2.75) is 33.1 Å². The molecule has 0 radical (unpaired) electrons. The second kappa shape index (κ2) is 2.50. The van der Waals surface area contributed by atoms with E-state index in [0.29, 0.717) is 17.6 Å². The van der Waals surface area contributed by atoms with Crippen molar-refractivity contribution in [2.75, 3.05) is 0 Å². The summed E-state index contributed by atoms with van der Waals surface area (Å²) in [4.78, 5) is 12.0. The lowest BCUT2D eigenvalue weighted by atomic mass is 9.65. The molecule has 0 aromatic carbocycles. The first-order valence-corrected chi connectivity index (χ1v) is 5.82. The lowest BCUT2D eigenvalue weighted by molar-refractivity contribution is -0.130. The maximum atomic E-state index is 12.0. The minimum Gasteiger partial charge on any atom is -0.299 e. The van der Waals surface area contributed by atoms with E-state index in [0.717, 1.165) is 31.1 Å². The Morgan fingerprint density at radius 3 is 3.00 bits per heavy atom. The third kappa shape index (κ3) is 0.838. The smallest absolute Gasteiger partial charge is 0.136 e. The topological polar surface area (TPSA) is 17.1 Å². The molecule has 3 rings (SSSR count). The van der Waals surface area contributed by atoms with E-state index in [1.807, 2.05) is 0 Å². The van der Waals surface area contributed by atoms with Crippen LogP contribution in [0.25, 0.3) is 0 Å². The Hall–Kier alpha value is -0.590. The van der Waals surface area contributed by atoms with Crippen molar-refractivity contribution in [3.05, 3.63) is 12.2 Å². The maximum absolute atomic E-state index is 12.0. The van der Waals surface area contributed by atoms with Gasteiger partial charge in [0.25, 0.3) is 0 Å². The van der Waals surface area contributed by atoms with Gasteiger partial charge in [0.05, 0.1) is 0 Å². The Labute approximate surface area is 85.6 Å². The van der Waals surface area contributed by atoms with Gasteiger partial charge in [0, 0.05) is 12.3 Å². The third-order valence-corrected chi connectivity index (χ3v) is 4.96. The number of allylic oxidation sites excluding steroid dienone is 2. The predicted octanol–water partition coefficient (Wildman–Crippen LogP) is 2.81. The van der Waals surface area contributed by atoms with Gasteiger partial charge < -0.3 is 0 Å². The monoisotopic (exact) mass is 190 g/mol. The van der Waals surface area contributed by atoms with Gasteiger partial charge in [-0.2, -0.15) is 0 Å². The Bertz CT molecular complexity index is 313. The summed E-state index contributed by atoms with van der Waals surface area (Å²) < 4.78 is 0. The normalized spacial score (nSPS) is 48.3. The van der Waals surface area contributed by atoms with E-state index in [9.17, 15) is 4.79 Å². The lowest BCUT2D eigenvalue weighted by Gasteiger charge is -2.38. The summed E-state index contributed by atoms with van der Waals surface area (Å²) in [5, 5.41) is 0. The van der Waals surface area contributed by atoms with Gasteiger partial charge in [-0.15, -0.1) is 0 Å². The molecule has 0 saturated heterocycles. The molecule has 1 nitrogen and oxygen atoms in total. The van der Waals surface area contributed by atoms with Crippen LogP contribution in [0.1, 0.15) is 33.1 Å². The summed E-state index contributed by atoms with van der Waals surface area (Å²) >= 11 is 0. The first-order chi connectivity index (χ1) is 6.62. The van der Waals surface area contributed by atoms with Gasteiger partial charge in [0.1, 0.15) is 5.78 Å². The molecule has 0 unspecified atom stereocenters. The minimum absolute atomic E-state index is 0.273. The average molecular weight is 190 g/mol. The number of hydrogen-bond donors (Lipinski definition) is 0. The molecule has 1 heteroatoms. The molecule has 0 amide bonds. The predicted molar refractivity (Wildman–Crippen MR) is 55.7 cm³/mol. The van der Waals surface area contributed by atoms with E-state index in [2.05, 4.69) is 26.0 Å². The molecule has 0 heterocycles. The van der Waals surface area contributed by atoms with Crippen molar-refractivity contribution in [3.63, 3.8) is 0 Å². The summed E-state index contributed by atoms with van der Waals surface area (Å²) in [5.74, 6) is 3.06. The molecule has 3 aliphatic carbocycles. The first-order valence-electron chi connectivity index (χ1n) is 5.82. The SMILES string of the molecule is CC1(C)[C@@H]2CCC(=O)[C@H]1[C@H]1CC=C[C@H]12. The number of Topliss-reactive ketones (excluding diaryl/α,β-unsaturated/α-hetero) is 1. The average Bonchev–Trinajstić information content (AvgIpc) is 2.55. The van der Waals surface area contributed by atoms with Crippen molar-refractivity contribution in [2.24, 2.45) is 29.1 Å². The van der Waals surface area contributed by atoms with Gasteiger partial charge in [0.2, 0.25) is 0 Å². The van der Waals surface area contributed by atoms with E-state index < -0.39 is 0 Å². The summed E-state index contributed by atoms with van der Waals surface area (Å²) in [5.41, 5.74) is 0.273. The number of carbonyl (C=O) groups excluding carboxylic acids is 1. The van der Waals surface area contributed by atoms with Crippen LogP contribution in [0.5, 0.6) is 0 Å². The van der Waals surface area contributed by atoms with Crippen LogP contribution in [0.2, 0.25) is 0 Å². The highest BCUT2D eigenvalue weighted by Gasteiger charge is 2.59. The van der Waals surface area contributed by atoms with Crippen LogP contribution >= 0.6 is 0 Å². The summed E-state index contributed by atoms with van der Waals surface area (Å²) in [6.07, 6.45) is 7.81. The quantitative estimate of drug-likeness (QED) is 0.537. The Morgan fingerprint density at radius 1 is 1.43 bits per heavy atom. The van der Waals surface area contributed by atoms with Gasteiger partial charge >= 0.3 is 0 Å². The first kappa shape index (κ1) is 8.70. The van der Waals surface area contributed by atoms with Crippen molar-refractivity contribution in [3.8, 4) is 0 Å². The van der Waals surface area contributed by atoms with Gasteiger partial charge in [-0.3, -0.25) is 4.79 Å². The Balaban J connectivity index is 2.07. The van der Waals surface area contributed by atoms with Gasteiger partial charge in [-0.25, -0.2) is 0 Å². The van der Waals surface area contributed by atoms with Gasteiger partial charge in [-0.1, -0.05) is 26.0 Å². The van der Waals surface area contributed by atoms with E-state index in [4.69, 9.17) is 0 Å². The zero-order valence-corrected chi connectivity index (χ0v) is 8.99. The molecule has 0 spiro atoms. The fourth-order valence-corrected chi connectivity index (χ4v) is 4.43. The van der Waals surface area contributed by atoms with Crippen LogP contribution in [0, 0.1) is 29.1 Å². The number of rotatable bonds is 0. The summed E-state index contributed by atoms with van der Waals surface area (Å²) in [6.45, 7) is 4.62. The number of ketones is 1. The molecule has 2 fully saturated rings. The van der Waals surface area contributed by atoms with Crippen molar-refractivity contribution in [1.82, 2.24) is 0 Å². The van der Waals surface area contributed by atoms with Crippen molar-refractivity contribution < 1.29 is 4.79 Å². The van der Waals surface area contributed by atoms with E-state index >= 15 is 0 Å². The molecule has 0 N–H and O–H groups in total. The molecular formula is C13H18O. The molecular weight excluding hydrogens is 172 g/mol. The fourth-order valence-electron chi connectivity index (χ4n) is 4.43. The molecule has 0 aliphatic heterocycles. The fraction of sp³-hybridized carbons (Fsp3) is 0.769. The molecule has 14 heavy (non-hydrogen) atoms. The maximum Gasteiger partial charge on any atom is 0.136 e. The largest absolute Gasteiger partial charge is 0.299 e. The van der Waals surface area contributed by atoms with Crippen LogP contribution in [-0.4, -0.2) is 5.78 Å².